The molecule has 1 aliphatic carbocycles. The van der Waals surface area contributed by atoms with Crippen molar-refractivity contribution in [1.29, 1.82) is 5.26 Å². The molecule has 0 heterocycles. The van der Waals surface area contributed by atoms with E-state index in [1.165, 1.54) is 12.8 Å². The van der Waals surface area contributed by atoms with Gasteiger partial charge in [-0.05, 0) is 33.1 Å². The Morgan fingerprint density at radius 1 is 1.18 bits per heavy atom. The van der Waals surface area contributed by atoms with Gasteiger partial charge in [-0.1, -0.05) is 25.7 Å². The van der Waals surface area contributed by atoms with Gasteiger partial charge in [0.25, 0.3) is 0 Å². The second kappa shape index (κ2) is 5.86. The lowest BCUT2D eigenvalue weighted by Crippen LogP contribution is -2.25. The number of sulfone groups is 1. The minimum atomic E-state index is -3.01. The van der Waals surface area contributed by atoms with E-state index in [1.807, 2.05) is 0 Å². The normalized spacial score (nSPS) is 20.8. The molecule has 3 nitrogen and oxygen atoms in total. The molecule has 0 aliphatic heterocycles. The maximum atomic E-state index is 11.8. The van der Waals surface area contributed by atoms with E-state index in [2.05, 4.69) is 6.07 Å². The van der Waals surface area contributed by atoms with E-state index in [9.17, 15) is 13.7 Å². The van der Waals surface area contributed by atoms with Gasteiger partial charge in [0.15, 0.2) is 9.84 Å². The molecule has 0 radical (unpaired) electrons. The van der Waals surface area contributed by atoms with Crippen LogP contribution in [0, 0.1) is 16.7 Å². The molecule has 0 aromatic carbocycles. The second-order valence-electron chi connectivity index (χ2n) is 5.47. The monoisotopic (exact) mass is 257 g/mol. The molecule has 0 unspecified atom stereocenters. The quantitative estimate of drug-likeness (QED) is 0.727. The van der Waals surface area contributed by atoms with Crippen molar-refractivity contribution in [3.05, 3.63) is 0 Å². The van der Waals surface area contributed by atoms with Crippen LogP contribution in [0.2, 0.25) is 0 Å². The fourth-order valence-electron chi connectivity index (χ4n) is 2.40. The van der Waals surface area contributed by atoms with E-state index in [1.54, 1.807) is 13.8 Å². The van der Waals surface area contributed by atoms with E-state index < -0.39 is 9.84 Å². The fourth-order valence-corrected chi connectivity index (χ4v) is 3.54. The van der Waals surface area contributed by atoms with E-state index in [0.717, 1.165) is 25.7 Å². The lowest BCUT2D eigenvalue weighted by molar-refractivity contribution is 0.329. The van der Waals surface area contributed by atoms with Gasteiger partial charge in [-0.25, -0.2) is 8.42 Å². The highest BCUT2D eigenvalue weighted by atomic mass is 32.2. The van der Waals surface area contributed by atoms with Crippen LogP contribution in [0.5, 0.6) is 0 Å². The Balaban J connectivity index is 2.67. The van der Waals surface area contributed by atoms with Crippen LogP contribution in [0.25, 0.3) is 0 Å². The smallest absolute Gasteiger partial charge is 0.152 e. The van der Waals surface area contributed by atoms with E-state index >= 15 is 0 Å². The molecule has 0 amide bonds. The van der Waals surface area contributed by atoms with Crippen molar-refractivity contribution < 1.29 is 8.42 Å². The maximum Gasteiger partial charge on any atom is 0.152 e. The Hall–Kier alpha value is -0.560. The molecule has 1 rings (SSSR count). The van der Waals surface area contributed by atoms with Gasteiger partial charge in [0, 0.05) is 0 Å². The summed E-state index contributed by atoms with van der Waals surface area (Å²) < 4.78 is 23.6. The van der Waals surface area contributed by atoms with Crippen LogP contribution >= 0.6 is 0 Å². The molecule has 0 aromatic heterocycles. The van der Waals surface area contributed by atoms with Gasteiger partial charge in [0.1, 0.15) is 0 Å². The van der Waals surface area contributed by atoms with Crippen LogP contribution in [0.4, 0.5) is 0 Å². The van der Waals surface area contributed by atoms with Crippen LogP contribution in [-0.4, -0.2) is 19.4 Å². The third-order valence-corrected chi connectivity index (χ3v) is 6.09. The summed E-state index contributed by atoms with van der Waals surface area (Å²) in [5.74, 6) is 0.165. The van der Waals surface area contributed by atoms with Crippen molar-refractivity contribution in [1.82, 2.24) is 0 Å². The summed E-state index contributed by atoms with van der Waals surface area (Å²) in [5.41, 5.74) is -0.377. The zero-order valence-corrected chi connectivity index (χ0v) is 11.7. The van der Waals surface area contributed by atoms with E-state index in [-0.39, 0.29) is 16.4 Å². The Morgan fingerprint density at radius 2 is 1.71 bits per heavy atom. The molecule has 1 saturated carbocycles. The van der Waals surface area contributed by atoms with Crippen LogP contribution < -0.4 is 0 Å². The van der Waals surface area contributed by atoms with Gasteiger partial charge < -0.3 is 0 Å². The van der Waals surface area contributed by atoms with Crippen LogP contribution in [0.1, 0.15) is 58.8 Å². The maximum absolute atomic E-state index is 11.8. The number of nitriles is 1. The molecule has 0 spiro atoms. The molecular formula is C13H23NO2S. The molecule has 0 N–H and O–H groups in total. The molecule has 1 aliphatic rings. The summed E-state index contributed by atoms with van der Waals surface area (Å²) in [6, 6.07) is 2.40. The first-order chi connectivity index (χ1) is 7.92. The van der Waals surface area contributed by atoms with Crippen LogP contribution in [0.15, 0.2) is 0 Å². The topological polar surface area (TPSA) is 57.9 Å². The van der Waals surface area contributed by atoms with Crippen molar-refractivity contribution in [3.8, 4) is 6.07 Å². The zero-order valence-electron chi connectivity index (χ0n) is 10.9. The lowest BCUT2D eigenvalue weighted by atomic mass is 9.79. The van der Waals surface area contributed by atoms with Gasteiger partial charge in [0.05, 0.1) is 22.5 Å². The number of rotatable bonds is 4. The molecular weight excluding hydrogens is 234 g/mol. The summed E-state index contributed by atoms with van der Waals surface area (Å²) in [6.07, 6.45) is 6.75. The van der Waals surface area contributed by atoms with Gasteiger partial charge in [-0.3, -0.25) is 0 Å². The molecule has 0 atom stereocenters. The van der Waals surface area contributed by atoms with Crippen molar-refractivity contribution in [3.63, 3.8) is 0 Å². The van der Waals surface area contributed by atoms with Crippen LogP contribution in [0.3, 0.4) is 0 Å². The third-order valence-electron chi connectivity index (χ3n) is 3.88. The Bertz CT molecular complexity index is 371. The summed E-state index contributed by atoms with van der Waals surface area (Å²) >= 11 is 0. The first kappa shape index (κ1) is 14.5. The zero-order chi connectivity index (χ0) is 12.9. The molecule has 0 aromatic rings. The number of nitrogens with zero attached hydrogens (tertiary/aromatic N) is 1. The molecule has 1 fully saturated rings. The third kappa shape index (κ3) is 3.99. The highest BCUT2D eigenvalue weighted by Crippen LogP contribution is 2.37. The first-order valence-corrected chi connectivity index (χ1v) is 8.26. The molecule has 4 heteroatoms. The summed E-state index contributed by atoms with van der Waals surface area (Å²) in [4.78, 5) is 0. The standard InChI is InChI=1S/C13H23NO2S/c1-12(2)17(15,16)10-9-13(11-14)7-5-3-4-6-8-13/h12H,3-10H2,1-2H3. The van der Waals surface area contributed by atoms with E-state index in [0.29, 0.717) is 6.42 Å². The SMILES string of the molecule is CC(C)S(=O)(=O)CCC1(C#N)CCCCCC1. The van der Waals surface area contributed by atoms with Crippen LogP contribution in [-0.2, 0) is 9.84 Å². The second-order valence-corrected chi connectivity index (χ2v) is 8.15. The minimum Gasteiger partial charge on any atom is -0.229 e. The Kier molecular flexibility index (Phi) is 5.00. The van der Waals surface area contributed by atoms with E-state index in [4.69, 9.17) is 0 Å². The van der Waals surface area contributed by atoms with Crippen molar-refractivity contribution in [2.24, 2.45) is 5.41 Å². The molecule has 0 saturated heterocycles. The summed E-state index contributed by atoms with van der Waals surface area (Å²) in [7, 11) is -3.01. The van der Waals surface area contributed by atoms with Gasteiger partial charge in [0.2, 0.25) is 0 Å². The molecule has 0 bridgehead atoms. The molecule has 17 heavy (non-hydrogen) atoms. The predicted octanol–water partition coefficient (Wildman–Crippen LogP) is 3.06. The Labute approximate surface area is 105 Å². The fraction of sp³-hybridized carbons (Fsp3) is 0.923. The molecule has 98 valence electrons. The predicted molar refractivity (Wildman–Crippen MR) is 69.3 cm³/mol. The number of hydrogen-bond acceptors (Lipinski definition) is 3. The largest absolute Gasteiger partial charge is 0.229 e. The van der Waals surface area contributed by atoms with Gasteiger partial charge in [-0.15, -0.1) is 0 Å². The average Bonchev–Trinajstić information content (AvgIpc) is 2.52. The van der Waals surface area contributed by atoms with Gasteiger partial charge in [-0.2, -0.15) is 5.26 Å². The first-order valence-electron chi connectivity index (χ1n) is 6.55. The highest BCUT2D eigenvalue weighted by Gasteiger charge is 2.32. The van der Waals surface area contributed by atoms with Crippen molar-refractivity contribution >= 4 is 9.84 Å². The van der Waals surface area contributed by atoms with Crippen molar-refractivity contribution in [2.75, 3.05) is 5.75 Å². The Morgan fingerprint density at radius 3 is 2.12 bits per heavy atom. The summed E-state index contributed by atoms with van der Waals surface area (Å²) in [6.45, 7) is 3.42. The van der Waals surface area contributed by atoms with Gasteiger partial charge >= 0.3 is 0 Å². The lowest BCUT2D eigenvalue weighted by Gasteiger charge is -2.25. The highest BCUT2D eigenvalue weighted by molar-refractivity contribution is 7.91. The van der Waals surface area contributed by atoms with Crippen molar-refractivity contribution in [2.45, 2.75) is 64.0 Å². The summed E-state index contributed by atoms with van der Waals surface area (Å²) in [5, 5.41) is 9.03. The minimum absolute atomic E-state index is 0.165. The average molecular weight is 257 g/mol. The number of hydrogen-bond donors (Lipinski definition) is 0.